The van der Waals surface area contributed by atoms with Crippen LogP contribution in [0.4, 0.5) is 23.7 Å². The van der Waals surface area contributed by atoms with Gasteiger partial charge in [0.1, 0.15) is 5.75 Å². The highest BCUT2D eigenvalue weighted by atomic mass is 32.2. The molecule has 6 nitrogen and oxygen atoms in total. The molecule has 1 aromatic carbocycles. The van der Waals surface area contributed by atoms with E-state index in [1.54, 1.807) is 12.1 Å². The minimum absolute atomic E-state index is 0.0607. The fraction of sp³-hybridized carbons (Fsp3) is 0.412. The monoisotopic (exact) mass is 401 g/mol. The van der Waals surface area contributed by atoms with Gasteiger partial charge in [0, 0.05) is 24.7 Å². The smallest absolute Gasteiger partial charge is 0.422 e. The van der Waals surface area contributed by atoms with Gasteiger partial charge in [0.2, 0.25) is 0 Å². The zero-order valence-corrected chi connectivity index (χ0v) is 15.0. The summed E-state index contributed by atoms with van der Waals surface area (Å²) in [5.41, 5.74) is 6.96. The number of nitrogens with one attached hydrogen (secondary N) is 1. The van der Waals surface area contributed by atoms with E-state index in [1.165, 1.54) is 12.1 Å². The number of rotatable bonds is 4. The molecule has 2 heterocycles. The minimum atomic E-state index is -4.47. The van der Waals surface area contributed by atoms with Crippen LogP contribution in [0.5, 0.6) is 5.75 Å². The Kier molecular flexibility index (Phi) is 5.66. The molecule has 0 radical (unpaired) electrons. The number of anilines is 1. The molecule has 2 aliphatic rings. The van der Waals surface area contributed by atoms with Crippen molar-refractivity contribution in [2.45, 2.75) is 25.1 Å². The van der Waals surface area contributed by atoms with E-state index in [0.29, 0.717) is 24.3 Å². The van der Waals surface area contributed by atoms with Gasteiger partial charge in [-0.1, -0.05) is 12.1 Å². The van der Waals surface area contributed by atoms with Crippen molar-refractivity contribution in [1.29, 1.82) is 0 Å². The molecule has 0 aliphatic carbocycles. The number of para-hydroxylation sites is 1. The topological polar surface area (TPSA) is 84.7 Å². The van der Waals surface area contributed by atoms with Crippen molar-refractivity contribution in [2.24, 2.45) is 5.73 Å². The number of thioether (sulfide) groups is 1. The van der Waals surface area contributed by atoms with Crippen molar-refractivity contribution in [3.05, 3.63) is 28.7 Å². The molecule has 2 saturated heterocycles. The van der Waals surface area contributed by atoms with Crippen LogP contribution >= 0.6 is 11.8 Å². The fourth-order valence-electron chi connectivity index (χ4n) is 3.05. The highest BCUT2D eigenvalue weighted by molar-refractivity contribution is 8.18. The number of benzene rings is 1. The lowest BCUT2D eigenvalue weighted by atomic mass is 10.0. The molecule has 2 aliphatic heterocycles. The number of piperidine rings is 1. The van der Waals surface area contributed by atoms with Crippen LogP contribution in [0.3, 0.4) is 0 Å². The third-order valence-electron chi connectivity index (χ3n) is 4.12. The van der Waals surface area contributed by atoms with Crippen molar-refractivity contribution in [1.82, 2.24) is 5.32 Å². The maximum absolute atomic E-state index is 12.6. The summed E-state index contributed by atoms with van der Waals surface area (Å²) in [7, 11) is 0. The Labute approximate surface area is 157 Å². The summed E-state index contributed by atoms with van der Waals surface area (Å²) in [6.07, 6.45) is -1.37. The lowest BCUT2D eigenvalue weighted by molar-refractivity contribution is -0.153. The number of nitrogens with zero attached hydrogens (tertiary/aromatic N) is 1. The van der Waals surface area contributed by atoms with Gasteiger partial charge < -0.3 is 15.4 Å². The van der Waals surface area contributed by atoms with Gasteiger partial charge in [0.25, 0.3) is 11.1 Å². The number of hydrogen-bond donors (Lipinski definition) is 2. The summed E-state index contributed by atoms with van der Waals surface area (Å²) in [6, 6.07) is 4.56. The van der Waals surface area contributed by atoms with Crippen LogP contribution in [0.25, 0.3) is 6.08 Å². The molecule has 3 rings (SSSR count). The van der Waals surface area contributed by atoms with E-state index in [-0.39, 0.29) is 16.7 Å². The Balaban J connectivity index is 2.00. The van der Waals surface area contributed by atoms with Crippen LogP contribution in [0.1, 0.15) is 18.4 Å². The maximum Gasteiger partial charge on any atom is 0.422 e. The molecule has 2 amide bonds. The van der Waals surface area contributed by atoms with Crippen molar-refractivity contribution < 1.29 is 27.5 Å². The number of hydrogen-bond acceptors (Lipinski definition) is 6. The van der Waals surface area contributed by atoms with Gasteiger partial charge in [-0.05, 0) is 36.7 Å². The first kappa shape index (κ1) is 19.6. The molecule has 3 N–H and O–H groups in total. The van der Waals surface area contributed by atoms with Gasteiger partial charge in [0.15, 0.2) is 6.61 Å². The molecule has 0 unspecified atom stereocenters. The van der Waals surface area contributed by atoms with Crippen LogP contribution < -0.4 is 20.7 Å². The van der Waals surface area contributed by atoms with E-state index in [0.717, 1.165) is 24.6 Å². The van der Waals surface area contributed by atoms with Gasteiger partial charge in [-0.3, -0.25) is 14.9 Å². The van der Waals surface area contributed by atoms with Crippen molar-refractivity contribution >= 4 is 34.7 Å². The molecular weight excluding hydrogens is 383 g/mol. The Morgan fingerprint density at radius 1 is 1.37 bits per heavy atom. The van der Waals surface area contributed by atoms with Crippen LogP contribution in [0, 0.1) is 0 Å². The Morgan fingerprint density at radius 3 is 2.78 bits per heavy atom. The first-order chi connectivity index (χ1) is 12.7. The van der Waals surface area contributed by atoms with Crippen LogP contribution in [-0.4, -0.2) is 43.1 Å². The third-order valence-corrected chi connectivity index (χ3v) is 4.93. The Hall–Kier alpha value is -2.20. The summed E-state index contributed by atoms with van der Waals surface area (Å²) in [6.45, 7) is -0.358. The molecule has 2 fully saturated rings. The number of halogens is 3. The Morgan fingerprint density at radius 2 is 2.15 bits per heavy atom. The summed E-state index contributed by atoms with van der Waals surface area (Å²) in [5.74, 6) is -0.474. The van der Waals surface area contributed by atoms with E-state index in [4.69, 9.17) is 10.5 Å². The van der Waals surface area contributed by atoms with E-state index in [2.05, 4.69) is 5.32 Å². The summed E-state index contributed by atoms with van der Waals surface area (Å²) in [4.78, 5) is 25.3. The molecule has 0 saturated carbocycles. The fourth-order valence-corrected chi connectivity index (χ4v) is 3.72. The maximum atomic E-state index is 12.6. The number of amides is 2. The second-order valence-electron chi connectivity index (χ2n) is 6.30. The lowest BCUT2D eigenvalue weighted by Gasteiger charge is -2.34. The van der Waals surface area contributed by atoms with Gasteiger partial charge >= 0.3 is 6.18 Å². The second kappa shape index (κ2) is 7.81. The van der Waals surface area contributed by atoms with E-state index in [9.17, 15) is 22.8 Å². The first-order valence-electron chi connectivity index (χ1n) is 8.31. The number of imide groups is 1. The number of ether oxygens (including phenoxy) is 1. The number of carbonyl (C=O) groups excluding carboxylic acids is 2. The van der Waals surface area contributed by atoms with E-state index < -0.39 is 23.9 Å². The first-order valence-corrected chi connectivity index (χ1v) is 9.12. The number of alkyl halides is 3. The molecule has 0 spiro atoms. The SMILES string of the molecule is N[C@@H]1CCCN(c2c(C=C3SC(=O)NC3=O)cccc2OCC(F)(F)F)C1. The number of nitrogens with two attached hydrogens (primary N) is 1. The molecule has 10 heteroatoms. The Bertz CT molecular complexity index is 782. The zero-order chi connectivity index (χ0) is 19.6. The van der Waals surface area contributed by atoms with Crippen LogP contribution in [0.2, 0.25) is 0 Å². The predicted octanol–water partition coefficient (Wildman–Crippen LogP) is 2.88. The van der Waals surface area contributed by atoms with Crippen molar-refractivity contribution in [3.63, 3.8) is 0 Å². The highest BCUT2D eigenvalue weighted by Gasteiger charge is 2.31. The molecule has 0 bridgehead atoms. The number of carbonyl (C=O) groups is 2. The molecule has 1 atom stereocenters. The minimum Gasteiger partial charge on any atom is -0.482 e. The van der Waals surface area contributed by atoms with E-state index in [1.807, 2.05) is 4.90 Å². The zero-order valence-electron chi connectivity index (χ0n) is 14.2. The molecule has 0 aromatic heterocycles. The molecule has 1 aromatic rings. The lowest BCUT2D eigenvalue weighted by Crippen LogP contribution is -2.43. The third kappa shape index (κ3) is 4.95. The quantitative estimate of drug-likeness (QED) is 0.755. The normalized spacial score (nSPS) is 22.3. The van der Waals surface area contributed by atoms with Crippen molar-refractivity contribution in [3.8, 4) is 5.75 Å². The van der Waals surface area contributed by atoms with Gasteiger partial charge in [0.05, 0.1) is 10.6 Å². The molecule has 146 valence electrons. The van der Waals surface area contributed by atoms with Gasteiger partial charge in [-0.2, -0.15) is 13.2 Å². The molecular formula is C17H18F3N3O3S. The molecule has 27 heavy (non-hydrogen) atoms. The average molecular weight is 401 g/mol. The summed E-state index contributed by atoms with van der Waals surface area (Å²) < 4.78 is 42.9. The average Bonchev–Trinajstić information content (AvgIpc) is 2.89. The summed E-state index contributed by atoms with van der Waals surface area (Å²) >= 11 is 0.745. The van der Waals surface area contributed by atoms with Crippen LogP contribution in [0.15, 0.2) is 23.1 Å². The van der Waals surface area contributed by atoms with Crippen molar-refractivity contribution in [2.75, 3.05) is 24.6 Å². The second-order valence-corrected chi connectivity index (χ2v) is 7.31. The highest BCUT2D eigenvalue weighted by Crippen LogP contribution is 2.38. The van der Waals surface area contributed by atoms with Gasteiger partial charge in [-0.15, -0.1) is 0 Å². The predicted molar refractivity (Wildman–Crippen MR) is 96.5 cm³/mol. The standard InChI is InChI=1S/C17H18F3N3O3S/c18-17(19,20)9-26-12-5-1-3-10(7-13-15(24)22-16(25)27-13)14(12)23-6-2-4-11(21)8-23/h1,3,5,7,11H,2,4,6,8-9,21H2,(H,22,24,25)/t11-/m1/s1. The van der Waals surface area contributed by atoms with Crippen LogP contribution in [-0.2, 0) is 4.79 Å². The summed E-state index contributed by atoms with van der Waals surface area (Å²) in [5, 5.41) is 1.67. The van der Waals surface area contributed by atoms with E-state index >= 15 is 0 Å². The van der Waals surface area contributed by atoms with Gasteiger partial charge in [-0.25, -0.2) is 0 Å². The largest absolute Gasteiger partial charge is 0.482 e.